The van der Waals surface area contributed by atoms with Crippen molar-refractivity contribution < 1.29 is 9.59 Å². The van der Waals surface area contributed by atoms with Gasteiger partial charge in [0.05, 0.1) is 5.57 Å². The van der Waals surface area contributed by atoms with E-state index in [0.717, 1.165) is 16.5 Å². The van der Waals surface area contributed by atoms with Gasteiger partial charge in [-0.3, -0.25) is 9.59 Å². The number of hydrogen-bond donors (Lipinski definition) is 0. The number of fused-ring (bicyclic) bond motifs is 2. The molecule has 1 aromatic heterocycles. The predicted octanol–water partition coefficient (Wildman–Crippen LogP) is 4.68. The van der Waals surface area contributed by atoms with E-state index in [1.165, 1.54) is 0 Å². The van der Waals surface area contributed by atoms with Gasteiger partial charge in [-0.2, -0.15) is 0 Å². The topological polar surface area (TPSA) is 39.1 Å². The Morgan fingerprint density at radius 3 is 2.08 bits per heavy atom. The van der Waals surface area contributed by atoms with Gasteiger partial charge >= 0.3 is 0 Å². The summed E-state index contributed by atoms with van der Waals surface area (Å²) in [6.45, 7) is 4.23. The first kappa shape index (κ1) is 14.6. The third kappa shape index (κ3) is 2.05. The SMILES string of the molecule is CC(C)n1cc(C=C2C(=O)c3ccccc3C2=O)c2ccccc21. The summed E-state index contributed by atoms with van der Waals surface area (Å²) in [5.41, 5.74) is 3.27. The van der Waals surface area contributed by atoms with Crippen molar-refractivity contribution in [3.05, 3.63) is 77.0 Å². The van der Waals surface area contributed by atoms with Gasteiger partial charge in [0.2, 0.25) is 0 Å². The van der Waals surface area contributed by atoms with Crippen LogP contribution in [0.5, 0.6) is 0 Å². The Labute approximate surface area is 140 Å². The third-order valence-corrected chi connectivity index (χ3v) is 4.53. The van der Waals surface area contributed by atoms with Crippen LogP contribution >= 0.6 is 0 Å². The smallest absolute Gasteiger partial charge is 0.197 e. The first-order valence-corrected chi connectivity index (χ1v) is 8.07. The summed E-state index contributed by atoms with van der Waals surface area (Å²) in [7, 11) is 0. The highest BCUT2D eigenvalue weighted by Gasteiger charge is 2.32. The predicted molar refractivity (Wildman–Crippen MR) is 95.4 cm³/mol. The molecule has 0 saturated carbocycles. The highest BCUT2D eigenvalue weighted by atomic mass is 16.2. The number of hydrogen-bond acceptors (Lipinski definition) is 2. The van der Waals surface area contributed by atoms with E-state index in [4.69, 9.17) is 0 Å². The molecule has 0 N–H and O–H groups in total. The van der Waals surface area contributed by atoms with Crippen molar-refractivity contribution in [1.29, 1.82) is 0 Å². The van der Waals surface area contributed by atoms with E-state index < -0.39 is 0 Å². The Balaban J connectivity index is 1.90. The minimum atomic E-state index is -0.183. The van der Waals surface area contributed by atoms with E-state index >= 15 is 0 Å². The van der Waals surface area contributed by atoms with Crippen LogP contribution in [0.3, 0.4) is 0 Å². The molecule has 3 heteroatoms. The fraction of sp³-hybridized carbons (Fsp3) is 0.143. The van der Waals surface area contributed by atoms with Gasteiger partial charge in [-0.1, -0.05) is 42.5 Å². The first-order chi connectivity index (χ1) is 11.6. The van der Waals surface area contributed by atoms with Crippen molar-refractivity contribution in [3.8, 4) is 0 Å². The number of carbonyl (C=O) groups excluding carboxylic acids is 2. The summed E-state index contributed by atoms with van der Waals surface area (Å²) in [6, 6.07) is 15.4. The molecule has 0 saturated heterocycles. The van der Waals surface area contributed by atoms with Crippen LogP contribution in [-0.4, -0.2) is 16.1 Å². The molecule has 0 spiro atoms. The van der Waals surface area contributed by atoms with Gasteiger partial charge in [0.15, 0.2) is 11.6 Å². The molecule has 2 aromatic carbocycles. The molecule has 0 atom stereocenters. The highest BCUT2D eigenvalue weighted by Crippen LogP contribution is 2.31. The summed E-state index contributed by atoms with van der Waals surface area (Å²) < 4.78 is 2.17. The first-order valence-electron chi connectivity index (χ1n) is 8.07. The maximum absolute atomic E-state index is 12.6. The minimum absolute atomic E-state index is 0.183. The van der Waals surface area contributed by atoms with Gasteiger partial charge in [-0.15, -0.1) is 0 Å². The molecule has 0 amide bonds. The van der Waals surface area contributed by atoms with Gasteiger partial charge in [-0.05, 0) is 26.0 Å². The number of benzene rings is 2. The van der Waals surface area contributed by atoms with Crippen LogP contribution in [0.1, 0.15) is 46.2 Å². The summed E-state index contributed by atoms with van der Waals surface area (Å²) >= 11 is 0. The second-order valence-electron chi connectivity index (χ2n) is 6.36. The number of allylic oxidation sites excluding steroid dienone is 1. The average molecular weight is 315 g/mol. The molecule has 0 unspecified atom stereocenters. The molecule has 0 fully saturated rings. The quantitative estimate of drug-likeness (QED) is 0.508. The molecule has 118 valence electrons. The average Bonchev–Trinajstić information content (AvgIpc) is 3.07. The molecule has 0 bridgehead atoms. The number of carbonyl (C=O) groups is 2. The largest absolute Gasteiger partial charge is 0.344 e. The second kappa shape index (κ2) is 5.31. The Morgan fingerprint density at radius 2 is 1.46 bits per heavy atom. The fourth-order valence-corrected chi connectivity index (χ4v) is 3.33. The summed E-state index contributed by atoms with van der Waals surface area (Å²) in [4.78, 5) is 25.2. The number of Topliss-reactive ketones (excluding diaryl/α,β-unsaturated/α-hetero) is 2. The number of aromatic nitrogens is 1. The summed E-state index contributed by atoms with van der Waals surface area (Å²) in [5, 5.41) is 1.05. The maximum atomic E-state index is 12.6. The van der Waals surface area contributed by atoms with Gasteiger partial charge in [0, 0.05) is 39.8 Å². The molecular formula is C21H17NO2. The Morgan fingerprint density at radius 1 is 0.875 bits per heavy atom. The molecule has 1 aliphatic rings. The minimum Gasteiger partial charge on any atom is -0.344 e. The fourth-order valence-electron chi connectivity index (χ4n) is 3.33. The Kier molecular flexibility index (Phi) is 3.24. The molecule has 1 aliphatic carbocycles. The molecule has 1 heterocycles. The van der Waals surface area contributed by atoms with Crippen molar-refractivity contribution in [2.24, 2.45) is 0 Å². The van der Waals surface area contributed by atoms with Crippen LogP contribution in [0.25, 0.3) is 17.0 Å². The van der Waals surface area contributed by atoms with Crippen LogP contribution < -0.4 is 0 Å². The van der Waals surface area contributed by atoms with Gasteiger partial charge < -0.3 is 4.57 Å². The molecule has 4 rings (SSSR count). The van der Waals surface area contributed by atoms with Crippen LogP contribution in [0.4, 0.5) is 0 Å². The number of ketones is 2. The molecule has 24 heavy (non-hydrogen) atoms. The van der Waals surface area contributed by atoms with Crippen LogP contribution in [0, 0.1) is 0 Å². The van der Waals surface area contributed by atoms with Crippen LogP contribution in [-0.2, 0) is 0 Å². The van der Waals surface area contributed by atoms with Crippen molar-refractivity contribution in [2.45, 2.75) is 19.9 Å². The van der Waals surface area contributed by atoms with Gasteiger partial charge in [-0.25, -0.2) is 0 Å². The normalized spacial score (nSPS) is 13.9. The van der Waals surface area contributed by atoms with E-state index in [1.54, 1.807) is 30.3 Å². The zero-order chi connectivity index (χ0) is 16.8. The van der Waals surface area contributed by atoms with Gasteiger partial charge in [0.1, 0.15) is 0 Å². The highest BCUT2D eigenvalue weighted by molar-refractivity contribution is 6.41. The van der Waals surface area contributed by atoms with E-state index in [9.17, 15) is 9.59 Å². The monoisotopic (exact) mass is 315 g/mol. The lowest BCUT2D eigenvalue weighted by Gasteiger charge is -2.08. The van der Waals surface area contributed by atoms with E-state index in [-0.39, 0.29) is 17.1 Å². The maximum Gasteiger partial charge on any atom is 0.197 e. The third-order valence-electron chi connectivity index (χ3n) is 4.53. The van der Waals surface area contributed by atoms with E-state index in [0.29, 0.717) is 17.2 Å². The van der Waals surface area contributed by atoms with Crippen molar-refractivity contribution >= 4 is 28.5 Å². The van der Waals surface area contributed by atoms with Gasteiger partial charge in [0.25, 0.3) is 0 Å². The number of rotatable bonds is 2. The Bertz CT molecular complexity index is 984. The lowest BCUT2D eigenvalue weighted by atomic mass is 10.1. The molecular weight excluding hydrogens is 298 g/mol. The zero-order valence-electron chi connectivity index (χ0n) is 13.6. The van der Waals surface area contributed by atoms with E-state index in [1.807, 2.05) is 24.4 Å². The van der Waals surface area contributed by atoms with Crippen LogP contribution in [0.2, 0.25) is 0 Å². The van der Waals surface area contributed by atoms with Crippen molar-refractivity contribution in [1.82, 2.24) is 4.57 Å². The van der Waals surface area contributed by atoms with Crippen LogP contribution in [0.15, 0.2) is 60.3 Å². The standard InChI is InChI=1S/C21H17NO2/c1-13(2)22-12-14(15-7-5-6-10-19(15)22)11-18-20(23)16-8-3-4-9-17(16)21(18)24/h3-13H,1-2H3. The van der Waals surface area contributed by atoms with Crippen molar-refractivity contribution in [3.63, 3.8) is 0 Å². The molecule has 3 nitrogen and oxygen atoms in total. The Hall–Kier alpha value is -2.94. The lowest BCUT2D eigenvalue weighted by molar-refractivity contribution is 0.0990. The number of nitrogens with zero attached hydrogens (tertiary/aromatic N) is 1. The summed E-state index contributed by atoms with van der Waals surface area (Å²) in [5.74, 6) is -0.367. The molecule has 0 radical (unpaired) electrons. The summed E-state index contributed by atoms with van der Waals surface area (Å²) in [6.07, 6.45) is 3.76. The van der Waals surface area contributed by atoms with Crippen molar-refractivity contribution in [2.75, 3.05) is 0 Å². The number of para-hydroxylation sites is 1. The molecule has 0 aliphatic heterocycles. The van der Waals surface area contributed by atoms with E-state index in [2.05, 4.69) is 24.5 Å². The molecule has 3 aromatic rings. The zero-order valence-corrected chi connectivity index (χ0v) is 13.6. The lowest BCUT2D eigenvalue weighted by Crippen LogP contribution is -2.00. The second-order valence-corrected chi connectivity index (χ2v) is 6.36.